The van der Waals surface area contributed by atoms with Crippen LogP contribution in [0.4, 0.5) is 10.1 Å². The lowest BCUT2D eigenvalue weighted by molar-refractivity contribution is 0.102. The number of anilines is 1. The van der Waals surface area contributed by atoms with Gasteiger partial charge < -0.3 is 5.32 Å². The summed E-state index contributed by atoms with van der Waals surface area (Å²) in [6.45, 7) is 5.98. The SMILES string of the molecule is CC(C)(C)c1cc(C(=O)Nc2ccc(F)cc2)cc(Cl)n1. The van der Waals surface area contributed by atoms with Crippen molar-refractivity contribution in [2.24, 2.45) is 0 Å². The minimum absolute atomic E-state index is 0.212. The maximum absolute atomic E-state index is 12.8. The monoisotopic (exact) mass is 306 g/mol. The number of aromatic nitrogens is 1. The Morgan fingerprint density at radius 1 is 1.19 bits per heavy atom. The minimum Gasteiger partial charge on any atom is -0.322 e. The number of amides is 1. The van der Waals surface area contributed by atoms with Crippen LogP contribution in [0.3, 0.4) is 0 Å². The van der Waals surface area contributed by atoms with E-state index in [4.69, 9.17) is 11.6 Å². The third kappa shape index (κ3) is 4.02. The van der Waals surface area contributed by atoms with E-state index in [9.17, 15) is 9.18 Å². The molecule has 2 rings (SSSR count). The van der Waals surface area contributed by atoms with E-state index in [1.165, 1.54) is 30.3 Å². The molecule has 1 aromatic carbocycles. The second-order valence-electron chi connectivity index (χ2n) is 5.77. The molecule has 3 nitrogen and oxygen atoms in total. The van der Waals surface area contributed by atoms with Gasteiger partial charge in [0.2, 0.25) is 0 Å². The molecule has 0 saturated heterocycles. The molecule has 1 aromatic heterocycles. The summed E-state index contributed by atoms with van der Waals surface area (Å²) < 4.78 is 12.8. The first-order valence-electron chi connectivity index (χ1n) is 6.51. The zero-order valence-corrected chi connectivity index (χ0v) is 12.8. The molecule has 21 heavy (non-hydrogen) atoms. The molecule has 0 aliphatic carbocycles. The Bertz CT molecular complexity index is 663. The van der Waals surface area contributed by atoms with Crippen LogP contribution in [0, 0.1) is 5.82 Å². The van der Waals surface area contributed by atoms with Crippen molar-refractivity contribution in [3.63, 3.8) is 0 Å². The van der Waals surface area contributed by atoms with Crippen LogP contribution in [0.5, 0.6) is 0 Å². The Hall–Kier alpha value is -1.94. The van der Waals surface area contributed by atoms with Gasteiger partial charge in [-0.1, -0.05) is 32.4 Å². The van der Waals surface area contributed by atoms with Crippen molar-refractivity contribution in [2.45, 2.75) is 26.2 Å². The second kappa shape index (κ2) is 5.82. The van der Waals surface area contributed by atoms with Crippen LogP contribution in [-0.2, 0) is 5.41 Å². The van der Waals surface area contributed by atoms with E-state index in [0.717, 1.165) is 5.69 Å². The highest BCUT2D eigenvalue weighted by molar-refractivity contribution is 6.29. The molecule has 0 atom stereocenters. The van der Waals surface area contributed by atoms with Crippen molar-refractivity contribution in [3.05, 3.63) is 58.6 Å². The number of benzene rings is 1. The average molecular weight is 307 g/mol. The lowest BCUT2D eigenvalue weighted by atomic mass is 9.91. The fourth-order valence-electron chi connectivity index (χ4n) is 1.75. The molecule has 2 aromatic rings. The second-order valence-corrected chi connectivity index (χ2v) is 6.16. The van der Waals surface area contributed by atoms with Crippen LogP contribution < -0.4 is 5.32 Å². The number of rotatable bonds is 2. The van der Waals surface area contributed by atoms with E-state index < -0.39 is 0 Å². The highest BCUT2D eigenvalue weighted by Gasteiger charge is 2.19. The summed E-state index contributed by atoms with van der Waals surface area (Å²) in [6.07, 6.45) is 0. The number of nitrogens with zero attached hydrogens (tertiary/aromatic N) is 1. The van der Waals surface area contributed by atoms with Gasteiger partial charge in [-0.25, -0.2) is 9.37 Å². The fourth-order valence-corrected chi connectivity index (χ4v) is 1.96. The van der Waals surface area contributed by atoms with Gasteiger partial charge in [-0.15, -0.1) is 0 Å². The number of nitrogens with one attached hydrogen (secondary N) is 1. The Labute approximate surface area is 128 Å². The number of carbonyl (C=O) groups is 1. The van der Waals surface area contributed by atoms with Crippen molar-refractivity contribution in [3.8, 4) is 0 Å². The van der Waals surface area contributed by atoms with Gasteiger partial charge in [-0.3, -0.25) is 4.79 Å². The van der Waals surface area contributed by atoms with Crippen LogP contribution in [0.1, 0.15) is 36.8 Å². The van der Waals surface area contributed by atoms with E-state index in [1.807, 2.05) is 20.8 Å². The van der Waals surface area contributed by atoms with Crippen molar-refractivity contribution in [2.75, 3.05) is 5.32 Å². The fraction of sp³-hybridized carbons (Fsp3) is 0.250. The number of carbonyl (C=O) groups excluding carboxylic acids is 1. The molecule has 1 N–H and O–H groups in total. The van der Waals surface area contributed by atoms with Gasteiger partial charge in [0.05, 0.1) is 0 Å². The van der Waals surface area contributed by atoms with Gasteiger partial charge in [0, 0.05) is 22.4 Å². The third-order valence-electron chi connectivity index (χ3n) is 2.93. The van der Waals surface area contributed by atoms with Crippen LogP contribution in [0.15, 0.2) is 36.4 Å². The molecular formula is C16H16ClFN2O. The van der Waals surface area contributed by atoms with E-state index in [1.54, 1.807) is 6.07 Å². The summed E-state index contributed by atoms with van der Waals surface area (Å²) in [7, 11) is 0. The normalized spacial score (nSPS) is 11.3. The molecule has 0 saturated carbocycles. The molecule has 5 heteroatoms. The molecule has 1 amide bonds. The lowest BCUT2D eigenvalue weighted by Crippen LogP contribution is -2.17. The lowest BCUT2D eigenvalue weighted by Gasteiger charge is -2.18. The van der Waals surface area contributed by atoms with Crippen molar-refractivity contribution in [1.82, 2.24) is 4.98 Å². The molecule has 110 valence electrons. The van der Waals surface area contributed by atoms with Crippen molar-refractivity contribution in [1.29, 1.82) is 0 Å². The highest BCUT2D eigenvalue weighted by atomic mass is 35.5. The van der Waals surface area contributed by atoms with Crippen molar-refractivity contribution < 1.29 is 9.18 Å². The summed E-state index contributed by atoms with van der Waals surface area (Å²) in [5.74, 6) is -0.661. The van der Waals surface area contributed by atoms with Crippen LogP contribution >= 0.6 is 11.6 Å². The first kappa shape index (κ1) is 15.4. The van der Waals surface area contributed by atoms with Crippen LogP contribution in [-0.4, -0.2) is 10.9 Å². The first-order valence-corrected chi connectivity index (χ1v) is 6.88. The first-order chi connectivity index (χ1) is 9.75. The molecule has 1 heterocycles. The number of hydrogen-bond acceptors (Lipinski definition) is 2. The van der Waals surface area contributed by atoms with E-state index in [-0.39, 0.29) is 22.3 Å². The number of hydrogen-bond donors (Lipinski definition) is 1. The molecule has 0 radical (unpaired) electrons. The predicted octanol–water partition coefficient (Wildman–Crippen LogP) is 4.42. The van der Waals surface area contributed by atoms with Crippen LogP contribution in [0.2, 0.25) is 5.15 Å². The predicted molar refractivity (Wildman–Crippen MR) is 82.3 cm³/mol. The average Bonchev–Trinajstić information content (AvgIpc) is 2.39. The van der Waals surface area contributed by atoms with Gasteiger partial charge in [0.1, 0.15) is 11.0 Å². The summed E-state index contributed by atoms with van der Waals surface area (Å²) in [5.41, 5.74) is 1.46. The zero-order chi connectivity index (χ0) is 15.6. The standard InChI is InChI=1S/C16H16ClFN2O/c1-16(2,3)13-8-10(9-14(17)20-13)15(21)19-12-6-4-11(18)5-7-12/h4-9H,1-3H3,(H,19,21). The van der Waals surface area contributed by atoms with E-state index >= 15 is 0 Å². The number of pyridine rings is 1. The maximum Gasteiger partial charge on any atom is 0.255 e. The van der Waals surface area contributed by atoms with Gasteiger partial charge in [-0.05, 0) is 36.4 Å². The molecule has 0 spiro atoms. The van der Waals surface area contributed by atoms with Gasteiger partial charge in [0.15, 0.2) is 0 Å². The molecule has 0 unspecified atom stereocenters. The zero-order valence-electron chi connectivity index (χ0n) is 12.1. The van der Waals surface area contributed by atoms with Crippen LogP contribution in [0.25, 0.3) is 0 Å². The molecule has 0 aliphatic heterocycles. The largest absolute Gasteiger partial charge is 0.322 e. The summed E-state index contributed by atoms with van der Waals surface area (Å²) in [5, 5.41) is 2.97. The Morgan fingerprint density at radius 3 is 2.38 bits per heavy atom. The Balaban J connectivity index is 2.27. The minimum atomic E-state index is -0.352. The Morgan fingerprint density at radius 2 is 1.81 bits per heavy atom. The van der Waals surface area contributed by atoms with E-state index in [0.29, 0.717) is 11.3 Å². The maximum atomic E-state index is 12.8. The summed E-state index contributed by atoms with van der Waals surface area (Å²) in [6, 6.07) is 8.80. The molecule has 0 fully saturated rings. The van der Waals surface area contributed by atoms with Crippen molar-refractivity contribution >= 4 is 23.2 Å². The van der Waals surface area contributed by atoms with E-state index in [2.05, 4.69) is 10.3 Å². The van der Waals surface area contributed by atoms with Gasteiger partial charge >= 0.3 is 0 Å². The smallest absolute Gasteiger partial charge is 0.255 e. The molecule has 0 aliphatic rings. The molecule has 0 bridgehead atoms. The summed E-state index contributed by atoms with van der Waals surface area (Å²) in [4.78, 5) is 16.5. The summed E-state index contributed by atoms with van der Waals surface area (Å²) >= 11 is 5.98. The van der Waals surface area contributed by atoms with Gasteiger partial charge in [0.25, 0.3) is 5.91 Å². The quantitative estimate of drug-likeness (QED) is 0.834. The Kier molecular flexibility index (Phi) is 4.28. The third-order valence-corrected chi connectivity index (χ3v) is 3.12. The topological polar surface area (TPSA) is 42.0 Å². The van der Waals surface area contributed by atoms with Gasteiger partial charge in [-0.2, -0.15) is 0 Å². The number of halogens is 2. The molecular weight excluding hydrogens is 291 g/mol. The highest BCUT2D eigenvalue weighted by Crippen LogP contribution is 2.24.